The van der Waals surface area contributed by atoms with Crippen LogP contribution in [0.1, 0.15) is 5.56 Å². The molecule has 0 aliphatic rings. The number of hydrogen-bond donors (Lipinski definition) is 1. The van der Waals surface area contributed by atoms with Crippen molar-refractivity contribution in [2.75, 3.05) is 24.8 Å². The fourth-order valence-corrected chi connectivity index (χ4v) is 3.78. The Bertz CT molecular complexity index is 1000. The molecule has 3 rings (SSSR count). The second-order valence-corrected chi connectivity index (χ2v) is 6.59. The molecule has 0 amide bonds. The third-order valence-electron chi connectivity index (χ3n) is 3.99. The van der Waals surface area contributed by atoms with Crippen molar-refractivity contribution in [2.45, 2.75) is 4.90 Å². The van der Waals surface area contributed by atoms with Gasteiger partial charge in [-0.3, -0.25) is 9.29 Å². The number of benzene rings is 2. The normalized spacial score (nSPS) is 10.4. The van der Waals surface area contributed by atoms with Crippen LogP contribution >= 0.6 is 24.6 Å². The molecule has 1 heterocycles. The number of rotatable bonds is 5. The van der Waals surface area contributed by atoms with E-state index in [1.165, 1.54) is 0 Å². The zero-order chi connectivity index (χ0) is 18.7. The molecule has 0 bridgehead atoms. The molecule has 0 aliphatic heterocycles. The zero-order valence-electron chi connectivity index (χ0n) is 14.6. The number of nitrogens with zero attached hydrogens (tertiary/aromatic N) is 3. The number of ether oxygens (including phenoxy) is 2. The maximum absolute atomic E-state index is 9.62. The minimum absolute atomic E-state index is 0.427. The number of anilines is 2. The van der Waals surface area contributed by atoms with Crippen molar-refractivity contribution in [2.24, 2.45) is 0 Å². The molecular formula is C19H17N3O2S2. The van der Waals surface area contributed by atoms with E-state index in [2.05, 4.69) is 11.1 Å². The van der Waals surface area contributed by atoms with Gasteiger partial charge in [-0.1, -0.05) is 24.9 Å². The predicted octanol–water partition coefficient (Wildman–Crippen LogP) is 4.83. The topological polar surface area (TPSA) is 58.4 Å². The molecule has 0 radical (unpaired) electrons. The summed E-state index contributed by atoms with van der Waals surface area (Å²) >= 11 is 6.33. The highest BCUT2D eigenvalue weighted by molar-refractivity contribution is 7.98. The Morgan fingerprint density at radius 3 is 2.50 bits per heavy atom. The molecule has 3 aromatic rings. The molecule has 0 saturated heterocycles. The summed E-state index contributed by atoms with van der Waals surface area (Å²) in [5.74, 6) is 1.15. The molecule has 0 saturated carbocycles. The first-order valence-corrected chi connectivity index (χ1v) is 9.34. The Hall–Kier alpha value is -2.56. The second-order valence-electron chi connectivity index (χ2n) is 5.34. The molecule has 0 spiro atoms. The number of methoxy groups -OCH3 is 2. The van der Waals surface area contributed by atoms with Crippen LogP contribution in [0, 0.1) is 11.3 Å². The number of nitriles is 1. The van der Waals surface area contributed by atoms with Gasteiger partial charge in [0.1, 0.15) is 6.07 Å². The smallest absolute Gasteiger partial charge is 0.162 e. The summed E-state index contributed by atoms with van der Waals surface area (Å²) in [5, 5.41) is 10.4. The number of para-hydroxylation sites is 1. The molecule has 26 heavy (non-hydrogen) atoms. The van der Waals surface area contributed by atoms with Crippen LogP contribution < -0.4 is 13.8 Å². The van der Waals surface area contributed by atoms with Gasteiger partial charge in [-0.15, -0.1) is 11.8 Å². The monoisotopic (exact) mass is 383 g/mol. The van der Waals surface area contributed by atoms with Crippen molar-refractivity contribution in [3.63, 3.8) is 0 Å². The summed E-state index contributed by atoms with van der Waals surface area (Å²) in [5.41, 5.74) is 2.67. The maximum Gasteiger partial charge on any atom is 0.162 e. The largest absolute Gasteiger partial charge is 0.493 e. The Labute approximate surface area is 162 Å². The van der Waals surface area contributed by atoms with Crippen LogP contribution in [0.25, 0.3) is 10.9 Å². The van der Waals surface area contributed by atoms with E-state index in [1.807, 2.05) is 36.6 Å². The van der Waals surface area contributed by atoms with Crippen LogP contribution in [-0.4, -0.2) is 25.5 Å². The first kappa shape index (κ1) is 18.2. The second kappa shape index (κ2) is 7.77. The summed E-state index contributed by atoms with van der Waals surface area (Å²) in [7, 11) is 3.15. The highest BCUT2D eigenvalue weighted by Gasteiger charge is 2.19. The van der Waals surface area contributed by atoms with Gasteiger partial charge in [-0.05, 0) is 24.5 Å². The van der Waals surface area contributed by atoms with Crippen molar-refractivity contribution in [1.82, 2.24) is 4.98 Å². The number of aromatic nitrogens is 1. The number of pyridine rings is 1. The third kappa shape index (κ3) is 3.14. The van der Waals surface area contributed by atoms with Gasteiger partial charge in [-0.2, -0.15) is 5.26 Å². The molecule has 2 aromatic carbocycles. The number of thioether (sulfide) groups is 1. The standard InChI is InChI=1S/C19H17N3O2S2/c1-23-16-8-13-14(9-17(16)24-2)21-11-12(10-20)19(13)22(25)15-6-4-5-7-18(15)26-3/h4-9,11,25H,1-3H3. The first-order chi connectivity index (χ1) is 12.6. The molecule has 0 unspecified atom stereocenters. The van der Waals surface area contributed by atoms with Crippen molar-refractivity contribution in [3.05, 3.63) is 48.2 Å². The molecule has 0 atom stereocenters. The molecule has 0 aliphatic carbocycles. The number of hydrogen-bond acceptors (Lipinski definition) is 7. The Balaban J connectivity index is 2.31. The average Bonchev–Trinajstić information content (AvgIpc) is 2.71. The SMILES string of the molecule is COc1cc2ncc(C#N)c(N(S)c3ccccc3SC)c2cc1OC. The Morgan fingerprint density at radius 2 is 1.85 bits per heavy atom. The number of thiol groups is 1. The van der Waals surface area contributed by atoms with Crippen LogP contribution in [-0.2, 0) is 0 Å². The van der Waals surface area contributed by atoms with E-state index in [0.717, 1.165) is 16.0 Å². The van der Waals surface area contributed by atoms with E-state index in [9.17, 15) is 5.26 Å². The lowest BCUT2D eigenvalue weighted by Gasteiger charge is -2.23. The van der Waals surface area contributed by atoms with Gasteiger partial charge in [0.25, 0.3) is 0 Å². The average molecular weight is 383 g/mol. The van der Waals surface area contributed by atoms with E-state index < -0.39 is 0 Å². The van der Waals surface area contributed by atoms with Crippen LogP contribution in [0.4, 0.5) is 11.4 Å². The lowest BCUT2D eigenvalue weighted by atomic mass is 10.1. The van der Waals surface area contributed by atoms with Gasteiger partial charge in [-0.25, -0.2) is 0 Å². The van der Waals surface area contributed by atoms with Gasteiger partial charge in [0.2, 0.25) is 0 Å². The minimum Gasteiger partial charge on any atom is -0.493 e. The highest BCUT2D eigenvalue weighted by atomic mass is 32.2. The Kier molecular flexibility index (Phi) is 5.45. The summed E-state index contributed by atoms with van der Waals surface area (Å²) in [6.07, 6.45) is 3.55. The lowest BCUT2D eigenvalue weighted by Crippen LogP contribution is -2.07. The Morgan fingerprint density at radius 1 is 1.15 bits per heavy atom. The van der Waals surface area contributed by atoms with E-state index >= 15 is 0 Å². The van der Waals surface area contributed by atoms with Crippen LogP contribution in [0.5, 0.6) is 11.5 Å². The van der Waals surface area contributed by atoms with Crippen molar-refractivity contribution < 1.29 is 9.47 Å². The van der Waals surface area contributed by atoms with Crippen LogP contribution in [0.2, 0.25) is 0 Å². The number of fused-ring (bicyclic) bond motifs is 1. The quantitative estimate of drug-likeness (QED) is 0.503. The van der Waals surface area contributed by atoms with E-state index in [4.69, 9.17) is 22.3 Å². The summed E-state index contributed by atoms with van der Waals surface area (Å²) in [6.45, 7) is 0. The van der Waals surface area contributed by atoms with Gasteiger partial charge >= 0.3 is 0 Å². The maximum atomic E-state index is 9.62. The van der Waals surface area contributed by atoms with Gasteiger partial charge in [0.05, 0.1) is 36.7 Å². The molecule has 5 nitrogen and oxygen atoms in total. The summed E-state index contributed by atoms with van der Waals surface area (Å²) < 4.78 is 12.5. The molecule has 132 valence electrons. The van der Waals surface area contributed by atoms with Crippen molar-refractivity contribution in [3.8, 4) is 17.6 Å². The van der Waals surface area contributed by atoms with Gasteiger partial charge in [0, 0.05) is 22.5 Å². The van der Waals surface area contributed by atoms with Crippen molar-refractivity contribution in [1.29, 1.82) is 5.26 Å². The van der Waals surface area contributed by atoms with E-state index in [0.29, 0.717) is 28.3 Å². The fraction of sp³-hybridized carbons (Fsp3) is 0.158. The first-order valence-electron chi connectivity index (χ1n) is 7.71. The van der Waals surface area contributed by atoms with Crippen molar-refractivity contribution >= 4 is 46.9 Å². The molecular weight excluding hydrogens is 366 g/mol. The highest BCUT2D eigenvalue weighted by Crippen LogP contribution is 2.42. The minimum atomic E-state index is 0.427. The van der Waals surface area contributed by atoms with Gasteiger partial charge in [0.15, 0.2) is 11.5 Å². The van der Waals surface area contributed by atoms with Crippen LogP contribution in [0.3, 0.4) is 0 Å². The predicted molar refractivity (Wildman–Crippen MR) is 109 cm³/mol. The summed E-state index contributed by atoms with van der Waals surface area (Å²) in [4.78, 5) is 5.44. The molecule has 7 heteroatoms. The zero-order valence-corrected chi connectivity index (χ0v) is 16.3. The molecule has 0 N–H and O–H groups in total. The fourth-order valence-electron chi connectivity index (χ4n) is 2.74. The molecule has 1 aromatic heterocycles. The molecule has 0 fully saturated rings. The lowest BCUT2D eigenvalue weighted by molar-refractivity contribution is 0.356. The third-order valence-corrected chi connectivity index (χ3v) is 5.19. The van der Waals surface area contributed by atoms with E-state index in [-0.39, 0.29) is 0 Å². The van der Waals surface area contributed by atoms with Gasteiger partial charge < -0.3 is 9.47 Å². The van der Waals surface area contributed by atoms with Crippen LogP contribution in [0.15, 0.2) is 47.5 Å². The van der Waals surface area contributed by atoms with E-state index in [1.54, 1.807) is 42.5 Å². The summed E-state index contributed by atoms with van der Waals surface area (Å²) in [6, 6.07) is 13.7.